The summed E-state index contributed by atoms with van der Waals surface area (Å²) in [5, 5.41) is 12.5. The number of hydrogen-bond acceptors (Lipinski definition) is 3. The van der Waals surface area contributed by atoms with Gasteiger partial charge in [0, 0.05) is 24.4 Å². The van der Waals surface area contributed by atoms with Crippen molar-refractivity contribution in [2.24, 2.45) is 11.8 Å². The molecule has 1 aliphatic carbocycles. The molecule has 0 saturated heterocycles. The minimum Gasteiger partial charge on any atom is -0.415 e. The first-order valence-electron chi connectivity index (χ1n) is 12.3. The Bertz CT molecular complexity index is 976. The highest BCUT2D eigenvalue weighted by atomic mass is 16.6. The van der Waals surface area contributed by atoms with Gasteiger partial charge in [-0.1, -0.05) is 72.8 Å². The van der Waals surface area contributed by atoms with Crippen LogP contribution in [0.15, 0.2) is 84.1 Å². The van der Waals surface area contributed by atoms with Crippen LogP contribution in [0.5, 0.6) is 0 Å². The lowest BCUT2D eigenvalue weighted by molar-refractivity contribution is 0.0134. The van der Waals surface area contributed by atoms with Crippen LogP contribution in [0.3, 0.4) is 0 Å². The van der Waals surface area contributed by atoms with E-state index in [1.807, 2.05) is 102 Å². The molecule has 1 amide bonds. The number of ether oxygens (including phenoxy) is 1. The van der Waals surface area contributed by atoms with Gasteiger partial charge in [0.25, 0.3) is 0 Å². The quantitative estimate of drug-likeness (QED) is 0.449. The van der Waals surface area contributed by atoms with E-state index in [-0.39, 0.29) is 30.0 Å². The molecule has 0 bridgehead atoms. The van der Waals surface area contributed by atoms with Gasteiger partial charge < -0.3 is 14.7 Å². The van der Waals surface area contributed by atoms with E-state index in [1.54, 1.807) is 4.90 Å². The normalized spacial score (nSPS) is 18.9. The summed E-state index contributed by atoms with van der Waals surface area (Å²) < 4.78 is 6.08. The molecule has 0 unspecified atom stereocenters. The molecule has 34 heavy (non-hydrogen) atoms. The number of nitrogens with zero attached hydrogens (tertiary/aromatic N) is 1. The van der Waals surface area contributed by atoms with E-state index < -0.39 is 5.60 Å². The Morgan fingerprint density at radius 3 is 1.88 bits per heavy atom. The molecule has 3 rings (SSSR count). The van der Waals surface area contributed by atoms with Crippen molar-refractivity contribution < 1.29 is 14.6 Å². The van der Waals surface area contributed by atoms with E-state index in [1.165, 1.54) is 0 Å². The van der Waals surface area contributed by atoms with Gasteiger partial charge in [-0.2, -0.15) is 0 Å². The van der Waals surface area contributed by atoms with Crippen LogP contribution in [0.25, 0.3) is 0 Å². The molecule has 1 aliphatic rings. The lowest BCUT2D eigenvalue weighted by Crippen LogP contribution is -2.44. The molecule has 0 radical (unpaired) electrons. The Morgan fingerprint density at radius 1 is 1.00 bits per heavy atom. The standard InChI is InChI=1S/C30H39NO3/c1-20(2)24-18-27(23(7)28(19-24)34-29(32)31(21(3)4)22(5)6)30(33,25-14-10-8-11-15-25)26-16-12-9-13-17-26/h8-17,21-22,24,27,33H,1,18-19H2,2-7H3/t24-,27-/m1/s1. The lowest BCUT2D eigenvalue weighted by atomic mass is 9.65. The molecule has 2 aromatic rings. The molecular weight excluding hydrogens is 422 g/mol. The Labute approximate surface area is 205 Å². The minimum atomic E-state index is -1.27. The largest absolute Gasteiger partial charge is 0.415 e. The van der Waals surface area contributed by atoms with Crippen LogP contribution >= 0.6 is 0 Å². The average Bonchev–Trinajstić information content (AvgIpc) is 2.80. The van der Waals surface area contributed by atoms with Crippen molar-refractivity contribution in [1.82, 2.24) is 4.90 Å². The molecule has 0 aromatic heterocycles. The molecular formula is C30H39NO3. The maximum absolute atomic E-state index is 13.2. The lowest BCUT2D eigenvalue weighted by Gasteiger charge is -2.43. The number of aliphatic hydroxyl groups is 1. The fourth-order valence-corrected chi connectivity index (χ4v) is 5.23. The zero-order valence-corrected chi connectivity index (χ0v) is 21.4. The summed E-state index contributed by atoms with van der Waals surface area (Å²) in [7, 11) is 0. The van der Waals surface area contributed by atoms with E-state index in [0.717, 1.165) is 28.7 Å². The molecule has 4 heteroatoms. The fourth-order valence-electron chi connectivity index (χ4n) is 5.23. The van der Waals surface area contributed by atoms with Crippen LogP contribution < -0.4 is 0 Å². The Hall–Kier alpha value is -2.85. The van der Waals surface area contributed by atoms with Crippen LogP contribution in [0, 0.1) is 11.8 Å². The molecule has 1 N–H and O–H groups in total. The number of hydrogen-bond donors (Lipinski definition) is 1. The zero-order chi connectivity index (χ0) is 25.0. The summed E-state index contributed by atoms with van der Waals surface area (Å²) in [6.45, 7) is 16.2. The van der Waals surface area contributed by atoms with Crippen molar-refractivity contribution >= 4 is 6.09 Å². The van der Waals surface area contributed by atoms with E-state index in [0.29, 0.717) is 12.2 Å². The average molecular weight is 462 g/mol. The third kappa shape index (κ3) is 5.12. The number of rotatable bonds is 7. The second kappa shape index (κ2) is 10.6. The summed E-state index contributed by atoms with van der Waals surface area (Å²) in [5.74, 6) is 0.468. The van der Waals surface area contributed by atoms with Gasteiger partial charge in [0.05, 0.1) is 0 Å². The van der Waals surface area contributed by atoms with Crippen LogP contribution in [-0.4, -0.2) is 28.2 Å². The van der Waals surface area contributed by atoms with Gasteiger partial charge in [-0.3, -0.25) is 0 Å². The first kappa shape index (κ1) is 25.8. The number of carbonyl (C=O) groups is 1. The van der Waals surface area contributed by atoms with E-state index in [2.05, 4.69) is 6.58 Å². The molecule has 2 aromatic carbocycles. The van der Waals surface area contributed by atoms with Crippen LogP contribution in [0.4, 0.5) is 4.79 Å². The number of amides is 1. The Morgan fingerprint density at radius 2 is 1.47 bits per heavy atom. The van der Waals surface area contributed by atoms with Crippen molar-refractivity contribution in [2.45, 2.75) is 72.1 Å². The minimum absolute atomic E-state index is 0.0234. The van der Waals surface area contributed by atoms with Gasteiger partial charge in [0.15, 0.2) is 0 Å². The SMILES string of the molecule is C=C(C)[C@H]1CC(OC(=O)N(C(C)C)C(C)C)=C(C)[C@H](C(O)(c2ccccc2)c2ccccc2)C1. The Balaban J connectivity index is 2.13. The Kier molecular flexibility index (Phi) is 8.04. The number of allylic oxidation sites excluding steroid dienone is 2. The monoisotopic (exact) mass is 461 g/mol. The molecule has 0 fully saturated rings. The smallest absolute Gasteiger partial charge is 0.415 e. The number of benzene rings is 2. The van der Waals surface area contributed by atoms with Crippen molar-refractivity contribution in [2.75, 3.05) is 0 Å². The second-order valence-electron chi connectivity index (χ2n) is 10.1. The summed E-state index contributed by atoms with van der Waals surface area (Å²) in [6.07, 6.45) is 0.983. The van der Waals surface area contributed by atoms with Crippen LogP contribution in [0.1, 0.15) is 65.5 Å². The van der Waals surface area contributed by atoms with Crippen molar-refractivity contribution in [1.29, 1.82) is 0 Å². The van der Waals surface area contributed by atoms with Gasteiger partial charge in [-0.15, -0.1) is 0 Å². The molecule has 0 saturated carbocycles. The van der Waals surface area contributed by atoms with Crippen molar-refractivity contribution in [3.8, 4) is 0 Å². The van der Waals surface area contributed by atoms with Gasteiger partial charge in [0.1, 0.15) is 11.4 Å². The van der Waals surface area contributed by atoms with E-state index >= 15 is 0 Å². The summed E-state index contributed by atoms with van der Waals surface area (Å²) in [4.78, 5) is 14.9. The summed E-state index contributed by atoms with van der Waals surface area (Å²) in [6, 6.07) is 19.6. The maximum atomic E-state index is 13.2. The predicted octanol–water partition coefficient (Wildman–Crippen LogP) is 7.05. The third-order valence-corrected chi connectivity index (χ3v) is 7.08. The highest BCUT2D eigenvalue weighted by Crippen LogP contribution is 2.49. The topological polar surface area (TPSA) is 49.8 Å². The molecule has 0 heterocycles. The maximum Gasteiger partial charge on any atom is 0.415 e. The highest BCUT2D eigenvalue weighted by Gasteiger charge is 2.45. The predicted molar refractivity (Wildman–Crippen MR) is 138 cm³/mol. The molecule has 4 nitrogen and oxygen atoms in total. The van der Waals surface area contributed by atoms with Gasteiger partial charge in [-0.05, 0) is 70.6 Å². The van der Waals surface area contributed by atoms with Crippen molar-refractivity contribution in [3.05, 3.63) is 95.3 Å². The second-order valence-corrected chi connectivity index (χ2v) is 10.1. The van der Waals surface area contributed by atoms with Gasteiger partial charge in [0.2, 0.25) is 0 Å². The van der Waals surface area contributed by atoms with Gasteiger partial charge in [-0.25, -0.2) is 4.79 Å². The van der Waals surface area contributed by atoms with Crippen LogP contribution in [0.2, 0.25) is 0 Å². The van der Waals surface area contributed by atoms with E-state index in [4.69, 9.17) is 4.74 Å². The van der Waals surface area contributed by atoms with E-state index in [9.17, 15) is 9.90 Å². The summed E-state index contributed by atoms with van der Waals surface area (Å²) in [5.41, 5.74) is 2.32. The van der Waals surface area contributed by atoms with Crippen molar-refractivity contribution in [3.63, 3.8) is 0 Å². The first-order chi connectivity index (χ1) is 16.1. The fraction of sp³-hybridized carbons (Fsp3) is 0.433. The number of carbonyl (C=O) groups excluding carboxylic acids is 1. The highest BCUT2D eigenvalue weighted by molar-refractivity contribution is 5.69. The third-order valence-electron chi connectivity index (χ3n) is 7.08. The molecule has 0 spiro atoms. The summed E-state index contributed by atoms with van der Waals surface area (Å²) >= 11 is 0. The van der Waals surface area contributed by atoms with Gasteiger partial charge >= 0.3 is 6.09 Å². The molecule has 182 valence electrons. The van der Waals surface area contributed by atoms with Crippen LogP contribution in [-0.2, 0) is 10.3 Å². The first-order valence-corrected chi connectivity index (χ1v) is 12.3. The zero-order valence-electron chi connectivity index (χ0n) is 21.4. The molecule has 2 atom stereocenters. The molecule has 0 aliphatic heterocycles.